The quantitative estimate of drug-likeness (QED) is 0.283. The summed E-state index contributed by atoms with van der Waals surface area (Å²) in [7, 11) is 0. The lowest BCUT2D eigenvalue weighted by atomic mass is 10.1. The van der Waals surface area contributed by atoms with E-state index in [-0.39, 0.29) is 5.91 Å². The summed E-state index contributed by atoms with van der Waals surface area (Å²) in [5.41, 5.74) is 3.40. The fraction of sp³-hybridized carbons (Fsp3) is 0.0952. The Morgan fingerprint density at radius 1 is 1.21 bits per heavy atom. The molecule has 0 aliphatic heterocycles. The van der Waals surface area contributed by atoms with Crippen molar-refractivity contribution in [3.63, 3.8) is 0 Å². The monoisotopic (exact) mass is 453 g/mol. The highest BCUT2D eigenvalue weighted by Crippen LogP contribution is 2.32. The minimum Gasteiger partial charge on any atom is -0.463 e. The first-order valence-electron chi connectivity index (χ1n) is 8.56. The molecule has 4 rings (SSSR count). The van der Waals surface area contributed by atoms with E-state index in [0.29, 0.717) is 16.5 Å². The first kappa shape index (κ1) is 18.6. The van der Waals surface area contributed by atoms with Gasteiger partial charge in [0.25, 0.3) is 5.91 Å². The van der Waals surface area contributed by atoms with Gasteiger partial charge < -0.3 is 4.42 Å². The zero-order chi connectivity index (χ0) is 19.7. The number of fused-ring (bicyclic) bond motifs is 1. The Kier molecular flexibility index (Phi) is 5.11. The first-order chi connectivity index (χ1) is 13.5. The van der Waals surface area contributed by atoms with E-state index in [1.807, 2.05) is 50.2 Å². The molecule has 0 bridgehead atoms. The van der Waals surface area contributed by atoms with Crippen LogP contribution in [0.3, 0.4) is 0 Å². The van der Waals surface area contributed by atoms with Gasteiger partial charge in [-0.2, -0.15) is 10.1 Å². The second-order valence-electron chi connectivity index (χ2n) is 6.30. The van der Waals surface area contributed by atoms with Crippen molar-refractivity contribution >= 4 is 54.7 Å². The van der Waals surface area contributed by atoms with Gasteiger partial charge in [0.15, 0.2) is 0 Å². The highest BCUT2D eigenvalue weighted by Gasteiger charge is 2.22. The lowest BCUT2D eigenvalue weighted by Gasteiger charge is -2.15. The van der Waals surface area contributed by atoms with Gasteiger partial charge in [-0.05, 0) is 55.8 Å². The van der Waals surface area contributed by atoms with Crippen LogP contribution in [0.25, 0.3) is 10.2 Å². The van der Waals surface area contributed by atoms with E-state index >= 15 is 0 Å². The maximum Gasteiger partial charge on any atom is 0.281 e. The van der Waals surface area contributed by atoms with Crippen LogP contribution in [-0.4, -0.2) is 17.1 Å². The average Bonchev–Trinajstić information content (AvgIpc) is 3.31. The number of aromatic nitrogens is 1. The number of furan rings is 1. The summed E-state index contributed by atoms with van der Waals surface area (Å²) in [6, 6.07) is 15.1. The Morgan fingerprint density at radius 2 is 2.07 bits per heavy atom. The molecule has 0 saturated heterocycles. The Balaban J connectivity index is 1.79. The molecule has 28 heavy (non-hydrogen) atoms. The molecule has 4 aromatic rings. The van der Waals surface area contributed by atoms with Gasteiger partial charge in [0.2, 0.25) is 5.13 Å². The fourth-order valence-corrected chi connectivity index (χ4v) is 4.29. The van der Waals surface area contributed by atoms with Crippen molar-refractivity contribution in [2.75, 3.05) is 5.01 Å². The van der Waals surface area contributed by atoms with E-state index in [0.717, 1.165) is 25.8 Å². The minimum atomic E-state index is -0.238. The van der Waals surface area contributed by atoms with Crippen molar-refractivity contribution < 1.29 is 9.21 Å². The van der Waals surface area contributed by atoms with Crippen molar-refractivity contribution in [1.82, 2.24) is 4.98 Å². The third-order valence-corrected chi connectivity index (χ3v) is 5.66. The summed E-state index contributed by atoms with van der Waals surface area (Å²) in [6.07, 6.45) is 3.08. The van der Waals surface area contributed by atoms with Gasteiger partial charge >= 0.3 is 0 Å². The Morgan fingerprint density at radius 3 is 2.82 bits per heavy atom. The van der Waals surface area contributed by atoms with Gasteiger partial charge in [0.1, 0.15) is 5.76 Å². The predicted octanol–water partition coefficient (Wildman–Crippen LogP) is 5.95. The SMILES string of the molecule is Cc1ccc(C(=O)N(/N=C/c2ccco2)c2nc3ccc(Br)cc3s2)c(C)c1. The molecule has 0 atom stereocenters. The Labute approximate surface area is 174 Å². The molecule has 0 N–H and O–H groups in total. The number of hydrazone groups is 1. The number of nitrogens with zero attached hydrogens (tertiary/aromatic N) is 3. The second-order valence-corrected chi connectivity index (χ2v) is 8.23. The van der Waals surface area contributed by atoms with Crippen LogP contribution >= 0.6 is 27.3 Å². The number of thiazole rings is 1. The fourth-order valence-electron chi connectivity index (χ4n) is 2.81. The van der Waals surface area contributed by atoms with Gasteiger partial charge in [-0.15, -0.1) is 0 Å². The maximum absolute atomic E-state index is 13.3. The number of aryl methyl sites for hydroxylation is 2. The number of halogens is 1. The van der Waals surface area contributed by atoms with Crippen LogP contribution < -0.4 is 5.01 Å². The van der Waals surface area contributed by atoms with Crippen LogP contribution in [0.2, 0.25) is 0 Å². The van der Waals surface area contributed by atoms with Crippen LogP contribution in [0, 0.1) is 13.8 Å². The molecule has 0 saturated carbocycles. The molecule has 0 radical (unpaired) electrons. The van der Waals surface area contributed by atoms with Gasteiger partial charge in [-0.3, -0.25) is 4.79 Å². The zero-order valence-electron chi connectivity index (χ0n) is 15.2. The molecule has 2 aromatic carbocycles. The summed E-state index contributed by atoms with van der Waals surface area (Å²) in [5.74, 6) is 0.320. The molecule has 140 valence electrons. The minimum absolute atomic E-state index is 0.238. The van der Waals surface area contributed by atoms with E-state index in [2.05, 4.69) is 26.0 Å². The highest BCUT2D eigenvalue weighted by atomic mass is 79.9. The molecular weight excluding hydrogens is 438 g/mol. The molecule has 0 aliphatic carbocycles. The highest BCUT2D eigenvalue weighted by molar-refractivity contribution is 9.10. The van der Waals surface area contributed by atoms with E-state index in [1.54, 1.807) is 18.4 Å². The van der Waals surface area contributed by atoms with Crippen molar-refractivity contribution in [2.45, 2.75) is 13.8 Å². The number of rotatable bonds is 4. The number of amides is 1. The smallest absolute Gasteiger partial charge is 0.281 e. The maximum atomic E-state index is 13.3. The number of carbonyl (C=O) groups is 1. The largest absolute Gasteiger partial charge is 0.463 e. The van der Waals surface area contributed by atoms with Crippen molar-refractivity contribution in [1.29, 1.82) is 0 Å². The van der Waals surface area contributed by atoms with Crippen LogP contribution in [-0.2, 0) is 0 Å². The lowest BCUT2D eigenvalue weighted by molar-refractivity contribution is 0.0987. The Bertz CT molecular complexity index is 1180. The number of carbonyl (C=O) groups excluding carboxylic acids is 1. The van der Waals surface area contributed by atoms with Crippen LogP contribution in [0.5, 0.6) is 0 Å². The van der Waals surface area contributed by atoms with E-state index in [4.69, 9.17) is 4.42 Å². The van der Waals surface area contributed by atoms with E-state index in [1.165, 1.54) is 22.6 Å². The predicted molar refractivity (Wildman–Crippen MR) is 116 cm³/mol. The van der Waals surface area contributed by atoms with E-state index < -0.39 is 0 Å². The van der Waals surface area contributed by atoms with Crippen LogP contribution in [0.4, 0.5) is 5.13 Å². The summed E-state index contributed by atoms with van der Waals surface area (Å²) < 4.78 is 7.24. The van der Waals surface area contributed by atoms with E-state index in [9.17, 15) is 4.79 Å². The summed E-state index contributed by atoms with van der Waals surface area (Å²) >= 11 is 4.88. The standard InChI is InChI=1S/C21H16BrN3O2S/c1-13-5-7-17(14(2)10-13)20(26)25(23-12-16-4-3-9-27-16)21-24-18-8-6-15(22)11-19(18)28-21/h3-12H,1-2H3/b23-12+. The van der Waals surface area contributed by atoms with Gasteiger partial charge in [-0.25, -0.2) is 4.98 Å². The normalized spacial score (nSPS) is 11.4. The lowest BCUT2D eigenvalue weighted by Crippen LogP contribution is -2.26. The number of benzene rings is 2. The van der Waals surface area contributed by atoms with Crippen molar-refractivity contribution in [3.05, 3.63) is 81.7 Å². The molecule has 2 aromatic heterocycles. The Hall–Kier alpha value is -2.77. The van der Waals surface area contributed by atoms with Gasteiger partial charge in [0, 0.05) is 10.0 Å². The summed E-state index contributed by atoms with van der Waals surface area (Å²) in [6.45, 7) is 3.92. The van der Waals surface area contributed by atoms with Crippen molar-refractivity contribution in [2.24, 2.45) is 5.10 Å². The molecule has 0 fully saturated rings. The number of hydrogen-bond donors (Lipinski definition) is 0. The molecule has 5 nitrogen and oxygen atoms in total. The van der Waals surface area contributed by atoms with Crippen molar-refractivity contribution in [3.8, 4) is 0 Å². The molecule has 2 heterocycles. The third-order valence-electron chi connectivity index (χ3n) is 4.17. The molecule has 1 amide bonds. The van der Waals surface area contributed by atoms with Gasteiger partial charge in [0.05, 0.1) is 22.7 Å². The number of hydrogen-bond acceptors (Lipinski definition) is 5. The topological polar surface area (TPSA) is 58.7 Å². The summed E-state index contributed by atoms with van der Waals surface area (Å²) in [4.78, 5) is 17.9. The van der Waals surface area contributed by atoms with Crippen LogP contribution in [0.1, 0.15) is 27.2 Å². The molecule has 0 spiro atoms. The number of anilines is 1. The average molecular weight is 454 g/mol. The molecule has 7 heteroatoms. The second kappa shape index (κ2) is 7.69. The first-order valence-corrected chi connectivity index (χ1v) is 10.2. The summed E-state index contributed by atoms with van der Waals surface area (Å²) in [5, 5.41) is 6.23. The molecule has 0 aliphatic rings. The molecular formula is C21H16BrN3O2S. The molecule has 0 unspecified atom stereocenters. The van der Waals surface area contributed by atoms with Gasteiger partial charge in [-0.1, -0.05) is 45.0 Å². The third kappa shape index (κ3) is 3.76. The zero-order valence-corrected chi connectivity index (χ0v) is 17.6. The van der Waals surface area contributed by atoms with Crippen LogP contribution in [0.15, 0.2) is 68.8 Å².